The largest absolute Gasteiger partial charge is 0.466 e. The van der Waals surface area contributed by atoms with Crippen LogP contribution in [0.3, 0.4) is 0 Å². The molecule has 2 aliphatic heterocycles. The lowest BCUT2D eigenvalue weighted by Gasteiger charge is -2.36. The van der Waals surface area contributed by atoms with Crippen LogP contribution in [0.25, 0.3) is 0 Å². The van der Waals surface area contributed by atoms with Gasteiger partial charge in [0.2, 0.25) is 0 Å². The number of hydrogen-bond donors (Lipinski definition) is 0. The van der Waals surface area contributed by atoms with Crippen molar-refractivity contribution in [1.29, 1.82) is 0 Å². The first-order chi connectivity index (χ1) is 10.6. The molecule has 3 heterocycles. The van der Waals surface area contributed by atoms with Gasteiger partial charge >= 0.3 is 0 Å². The highest BCUT2D eigenvalue weighted by molar-refractivity contribution is 5.95. The normalized spacial score (nSPS) is 24.1. The Kier molecular flexibility index (Phi) is 4.54. The standard InChI is InChI=1S/C17H26N2O3/c1-12-10-16(13(2)22-12)17(20)18-7-4-14(5-8-18)19-9-6-15(11-19)21-3/h10,14-15H,4-9,11H2,1-3H3/t15-/m0/s1. The minimum Gasteiger partial charge on any atom is -0.466 e. The molecular formula is C17H26N2O3. The molecule has 0 saturated carbocycles. The van der Waals surface area contributed by atoms with Crippen LogP contribution in [0.2, 0.25) is 0 Å². The minimum absolute atomic E-state index is 0.115. The van der Waals surface area contributed by atoms with Crippen LogP contribution in [0, 0.1) is 13.8 Å². The Morgan fingerprint density at radius 3 is 2.50 bits per heavy atom. The van der Waals surface area contributed by atoms with E-state index < -0.39 is 0 Å². The van der Waals surface area contributed by atoms with E-state index in [9.17, 15) is 4.79 Å². The summed E-state index contributed by atoms with van der Waals surface area (Å²) in [4.78, 5) is 17.1. The number of ether oxygens (including phenoxy) is 1. The Hall–Kier alpha value is -1.33. The van der Waals surface area contributed by atoms with Crippen LogP contribution in [0.1, 0.15) is 41.1 Å². The van der Waals surface area contributed by atoms with Gasteiger partial charge in [0.1, 0.15) is 11.5 Å². The third-order valence-corrected chi connectivity index (χ3v) is 5.05. The summed E-state index contributed by atoms with van der Waals surface area (Å²) in [5.41, 5.74) is 0.719. The summed E-state index contributed by atoms with van der Waals surface area (Å²) in [5, 5.41) is 0. The van der Waals surface area contributed by atoms with Gasteiger partial charge in [-0.1, -0.05) is 0 Å². The summed E-state index contributed by atoms with van der Waals surface area (Å²) >= 11 is 0. The van der Waals surface area contributed by atoms with E-state index in [0.717, 1.165) is 62.5 Å². The third kappa shape index (κ3) is 3.06. The second-order valence-electron chi connectivity index (χ2n) is 6.49. The third-order valence-electron chi connectivity index (χ3n) is 5.05. The maximum Gasteiger partial charge on any atom is 0.257 e. The zero-order valence-electron chi connectivity index (χ0n) is 13.8. The van der Waals surface area contributed by atoms with Crippen molar-refractivity contribution in [2.24, 2.45) is 0 Å². The number of rotatable bonds is 3. The zero-order chi connectivity index (χ0) is 15.7. The van der Waals surface area contributed by atoms with Crippen molar-refractivity contribution in [3.63, 3.8) is 0 Å². The molecule has 2 fully saturated rings. The Bertz CT molecular complexity index is 532. The molecule has 0 N–H and O–H groups in total. The average molecular weight is 306 g/mol. The molecule has 0 spiro atoms. The topological polar surface area (TPSA) is 45.9 Å². The zero-order valence-corrected chi connectivity index (χ0v) is 13.8. The van der Waals surface area contributed by atoms with Gasteiger partial charge in [-0.05, 0) is 39.2 Å². The van der Waals surface area contributed by atoms with E-state index in [-0.39, 0.29) is 5.91 Å². The van der Waals surface area contributed by atoms with E-state index >= 15 is 0 Å². The van der Waals surface area contributed by atoms with Crippen LogP contribution < -0.4 is 0 Å². The van der Waals surface area contributed by atoms with Gasteiger partial charge in [-0.2, -0.15) is 0 Å². The lowest BCUT2D eigenvalue weighted by molar-refractivity contribution is 0.0601. The average Bonchev–Trinajstić information content (AvgIpc) is 3.13. The minimum atomic E-state index is 0.115. The predicted octanol–water partition coefficient (Wildman–Crippen LogP) is 2.22. The Balaban J connectivity index is 1.55. The fourth-order valence-electron chi connectivity index (χ4n) is 3.73. The van der Waals surface area contributed by atoms with Crippen molar-refractivity contribution in [3.8, 4) is 0 Å². The molecule has 1 aromatic rings. The highest BCUT2D eigenvalue weighted by Gasteiger charge is 2.32. The van der Waals surface area contributed by atoms with Gasteiger partial charge in [-0.25, -0.2) is 0 Å². The van der Waals surface area contributed by atoms with Crippen molar-refractivity contribution >= 4 is 5.91 Å². The van der Waals surface area contributed by atoms with Crippen molar-refractivity contribution in [3.05, 3.63) is 23.2 Å². The number of amides is 1. The van der Waals surface area contributed by atoms with Crippen molar-refractivity contribution in [2.45, 2.75) is 45.3 Å². The molecule has 0 aliphatic carbocycles. The molecule has 5 nitrogen and oxygen atoms in total. The smallest absolute Gasteiger partial charge is 0.257 e. The number of nitrogens with zero attached hydrogens (tertiary/aromatic N) is 2. The molecule has 0 aromatic carbocycles. The van der Waals surface area contributed by atoms with Crippen molar-refractivity contribution in [2.75, 3.05) is 33.3 Å². The number of likely N-dealkylation sites (tertiary alicyclic amines) is 2. The van der Waals surface area contributed by atoms with E-state index in [1.54, 1.807) is 7.11 Å². The highest BCUT2D eigenvalue weighted by atomic mass is 16.5. The Morgan fingerprint density at radius 1 is 1.23 bits per heavy atom. The van der Waals surface area contributed by atoms with E-state index in [1.807, 2.05) is 24.8 Å². The van der Waals surface area contributed by atoms with Gasteiger partial charge in [0.05, 0.1) is 11.7 Å². The lowest BCUT2D eigenvalue weighted by atomic mass is 10.0. The first-order valence-electron chi connectivity index (χ1n) is 8.21. The van der Waals surface area contributed by atoms with E-state index in [4.69, 9.17) is 9.15 Å². The fraction of sp³-hybridized carbons (Fsp3) is 0.706. The molecule has 1 amide bonds. The second-order valence-corrected chi connectivity index (χ2v) is 6.49. The summed E-state index contributed by atoms with van der Waals surface area (Å²) < 4.78 is 10.9. The lowest BCUT2D eigenvalue weighted by Crippen LogP contribution is -2.46. The molecule has 2 aliphatic rings. The molecular weight excluding hydrogens is 280 g/mol. The van der Waals surface area contributed by atoms with Crippen molar-refractivity contribution < 1.29 is 13.9 Å². The number of aryl methyl sites for hydroxylation is 2. The molecule has 0 radical (unpaired) electrons. The first kappa shape index (κ1) is 15.6. The van der Waals surface area contributed by atoms with Crippen LogP contribution in [-0.4, -0.2) is 61.1 Å². The van der Waals surface area contributed by atoms with E-state index in [2.05, 4.69) is 4.90 Å². The van der Waals surface area contributed by atoms with Crippen molar-refractivity contribution in [1.82, 2.24) is 9.80 Å². The molecule has 1 atom stereocenters. The first-order valence-corrected chi connectivity index (χ1v) is 8.21. The number of carbonyl (C=O) groups is 1. The number of piperidine rings is 1. The molecule has 0 unspecified atom stereocenters. The molecule has 3 rings (SSSR count). The van der Waals surface area contributed by atoms with Gasteiger partial charge in [0, 0.05) is 39.3 Å². The maximum atomic E-state index is 12.6. The summed E-state index contributed by atoms with van der Waals surface area (Å²) in [7, 11) is 1.80. The van der Waals surface area contributed by atoms with Gasteiger partial charge in [0.25, 0.3) is 5.91 Å². The summed E-state index contributed by atoms with van der Waals surface area (Å²) in [6.07, 6.45) is 3.62. The number of hydrogen-bond acceptors (Lipinski definition) is 4. The van der Waals surface area contributed by atoms with Gasteiger partial charge in [-0.15, -0.1) is 0 Å². The molecule has 2 saturated heterocycles. The number of carbonyl (C=O) groups excluding carboxylic acids is 1. The van der Waals surface area contributed by atoms with E-state index in [0.29, 0.717) is 12.1 Å². The fourth-order valence-corrected chi connectivity index (χ4v) is 3.73. The summed E-state index contributed by atoms with van der Waals surface area (Å²) in [6, 6.07) is 2.45. The van der Waals surface area contributed by atoms with Crippen LogP contribution in [-0.2, 0) is 4.74 Å². The maximum absolute atomic E-state index is 12.6. The van der Waals surface area contributed by atoms with E-state index in [1.165, 1.54) is 0 Å². The van der Waals surface area contributed by atoms with Crippen LogP contribution in [0.5, 0.6) is 0 Å². The second kappa shape index (κ2) is 6.42. The monoisotopic (exact) mass is 306 g/mol. The molecule has 22 heavy (non-hydrogen) atoms. The summed E-state index contributed by atoms with van der Waals surface area (Å²) in [5.74, 6) is 1.65. The Labute approximate surface area is 132 Å². The number of furan rings is 1. The molecule has 5 heteroatoms. The van der Waals surface area contributed by atoms with Gasteiger partial charge in [0.15, 0.2) is 0 Å². The van der Waals surface area contributed by atoms with Crippen LogP contribution >= 0.6 is 0 Å². The Morgan fingerprint density at radius 2 is 1.95 bits per heavy atom. The molecule has 122 valence electrons. The number of methoxy groups -OCH3 is 1. The predicted molar refractivity (Wildman–Crippen MR) is 84.1 cm³/mol. The SMILES string of the molecule is CO[C@H]1CCN(C2CCN(C(=O)c3cc(C)oc3C)CC2)C1. The van der Waals surface area contributed by atoms with Crippen LogP contribution in [0.15, 0.2) is 10.5 Å². The highest BCUT2D eigenvalue weighted by Crippen LogP contribution is 2.24. The molecule has 1 aromatic heterocycles. The molecule has 0 bridgehead atoms. The van der Waals surface area contributed by atoms with Gasteiger partial charge < -0.3 is 14.1 Å². The van der Waals surface area contributed by atoms with Crippen LogP contribution in [0.4, 0.5) is 0 Å². The van der Waals surface area contributed by atoms with Gasteiger partial charge in [-0.3, -0.25) is 9.69 Å². The summed E-state index contributed by atoms with van der Waals surface area (Å²) in [6.45, 7) is 7.58. The quantitative estimate of drug-likeness (QED) is 0.859.